The highest BCUT2D eigenvalue weighted by molar-refractivity contribution is 6.31. The molecule has 0 spiro atoms. The van der Waals surface area contributed by atoms with Gasteiger partial charge in [-0.15, -0.1) is 0 Å². The Kier molecular flexibility index (Phi) is 4.04. The van der Waals surface area contributed by atoms with Crippen LogP contribution >= 0.6 is 11.6 Å². The summed E-state index contributed by atoms with van der Waals surface area (Å²) in [6.07, 6.45) is -2.39. The lowest BCUT2D eigenvalue weighted by Gasteiger charge is -2.11. The predicted octanol–water partition coefficient (Wildman–Crippen LogP) is 3.24. The van der Waals surface area contributed by atoms with Crippen LogP contribution in [-0.2, 0) is 6.18 Å². The zero-order valence-electron chi connectivity index (χ0n) is 10.3. The molecule has 1 aromatic heterocycles. The van der Waals surface area contributed by atoms with Gasteiger partial charge in [0, 0.05) is 17.8 Å². The van der Waals surface area contributed by atoms with Crippen molar-refractivity contribution in [1.82, 2.24) is 0 Å². The molecule has 0 unspecified atom stereocenters. The van der Waals surface area contributed by atoms with E-state index < -0.39 is 22.7 Å². The lowest BCUT2D eigenvalue weighted by molar-refractivity contribution is -0.605. The number of amides is 1. The summed E-state index contributed by atoms with van der Waals surface area (Å²) in [4.78, 5) is 11.8. The standard InChI is InChI=1S/C13H8ClF3N2O2/c14-11-2-1-9(7-10(11)13(15,16)17)18-12(20)8-3-5-19(21)6-4-8/h1-7H,(H,18,20). The molecule has 2 aromatic rings. The van der Waals surface area contributed by atoms with Gasteiger partial charge in [-0.25, -0.2) is 0 Å². The van der Waals surface area contributed by atoms with Gasteiger partial charge in [0.25, 0.3) is 5.91 Å². The molecule has 1 aromatic carbocycles. The number of nitrogens with one attached hydrogen (secondary N) is 1. The Morgan fingerprint density at radius 1 is 1.19 bits per heavy atom. The molecule has 0 atom stereocenters. The second-order valence-corrected chi connectivity index (χ2v) is 4.50. The van der Waals surface area contributed by atoms with E-state index in [2.05, 4.69) is 5.32 Å². The van der Waals surface area contributed by atoms with Crippen molar-refractivity contribution in [2.75, 3.05) is 5.32 Å². The number of carbonyl (C=O) groups is 1. The zero-order valence-corrected chi connectivity index (χ0v) is 11.1. The molecule has 0 saturated heterocycles. The molecule has 0 aliphatic rings. The van der Waals surface area contributed by atoms with E-state index in [4.69, 9.17) is 11.6 Å². The molecule has 8 heteroatoms. The number of rotatable bonds is 2. The fraction of sp³-hybridized carbons (Fsp3) is 0.0769. The Bertz CT molecular complexity index is 672. The van der Waals surface area contributed by atoms with Crippen LogP contribution in [0.15, 0.2) is 42.7 Å². The van der Waals surface area contributed by atoms with E-state index in [-0.39, 0.29) is 11.3 Å². The zero-order chi connectivity index (χ0) is 15.6. The Morgan fingerprint density at radius 3 is 2.38 bits per heavy atom. The second-order valence-electron chi connectivity index (χ2n) is 4.09. The van der Waals surface area contributed by atoms with Crippen molar-refractivity contribution in [3.8, 4) is 0 Å². The first-order chi connectivity index (χ1) is 9.77. The number of carbonyl (C=O) groups excluding carboxylic acids is 1. The maximum atomic E-state index is 12.7. The van der Waals surface area contributed by atoms with Crippen molar-refractivity contribution in [2.24, 2.45) is 0 Å². The van der Waals surface area contributed by atoms with Gasteiger partial charge in [-0.2, -0.15) is 17.9 Å². The molecule has 21 heavy (non-hydrogen) atoms. The molecule has 0 aliphatic carbocycles. The van der Waals surface area contributed by atoms with Gasteiger partial charge in [-0.3, -0.25) is 4.79 Å². The van der Waals surface area contributed by atoms with Gasteiger partial charge in [0.05, 0.1) is 16.1 Å². The van der Waals surface area contributed by atoms with E-state index in [0.717, 1.165) is 24.5 Å². The number of hydrogen-bond acceptors (Lipinski definition) is 2. The van der Waals surface area contributed by atoms with E-state index in [1.807, 2.05) is 0 Å². The van der Waals surface area contributed by atoms with E-state index >= 15 is 0 Å². The summed E-state index contributed by atoms with van der Waals surface area (Å²) in [6.45, 7) is 0. The summed E-state index contributed by atoms with van der Waals surface area (Å²) >= 11 is 5.48. The second kappa shape index (κ2) is 5.61. The van der Waals surface area contributed by atoms with Crippen molar-refractivity contribution >= 4 is 23.2 Å². The topological polar surface area (TPSA) is 56.0 Å². The minimum Gasteiger partial charge on any atom is -0.619 e. The van der Waals surface area contributed by atoms with E-state index in [1.54, 1.807) is 0 Å². The summed E-state index contributed by atoms with van der Waals surface area (Å²) in [7, 11) is 0. The Labute approximate surface area is 122 Å². The SMILES string of the molecule is O=C(Nc1ccc(Cl)c(C(F)(F)F)c1)c1cc[n+]([O-])cc1. The molecule has 0 saturated carbocycles. The normalized spacial score (nSPS) is 11.2. The van der Waals surface area contributed by atoms with Crippen LogP contribution in [0.4, 0.5) is 18.9 Å². The van der Waals surface area contributed by atoms with Crippen molar-refractivity contribution in [3.63, 3.8) is 0 Å². The molecular weight excluding hydrogens is 309 g/mol. The number of benzene rings is 1. The van der Waals surface area contributed by atoms with Crippen molar-refractivity contribution in [3.05, 3.63) is 64.1 Å². The minimum absolute atomic E-state index is 0.0458. The average molecular weight is 317 g/mol. The molecular formula is C13H8ClF3N2O2. The predicted molar refractivity (Wildman–Crippen MR) is 69.8 cm³/mol. The molecule has 0 aliphatic heterocycles. The number of nitrogens with zero attached hydrogens (tertiary/aromatic N) is 1. The molecule has 1 amide bonds. The molecule has 1 heterocycles. The number of pyridine rings is 1. The van der Waals surface area contributed by atoms with Crippen LogP contribution in [0.3, 0.4) is 0 Å². The number of hydrogen-bond donors (Lipinski definition) is 1. The van der Waals surface area contributed by atoms with Crippen LogP contribution < -0.4 is 10.0 Å². The first-order valence-electron chi connectivity index (χ1n) is 5.64. The number of aromatic nitrogens is 1. The third kappa shape index (κ3) is 3.63. The highest BCUT2D eigenvalue weighted by Crippen LogP contribution is 2.36. The molecule has 0 fully saturated rings. The fourth-order valence-corrected chi connectivity index (χ4v) is 1.81. The quantitative estimate of drug-likeness (QED) is 0.683. The van der Waals surface area contributed by atoms with Crippen LogP contribution in [0, 0.1) is 5.21 Å². The van der Waals surface area contributed by atoms with Crippen LogP contribution in [0.1, 0.15) is 15.9 Å². The maximum absolute atomic E-state index is 12.7. The van der Waals surface area contributed by atoms with E-state index in [9.17, 15) is 23.2 Å². The minimum atomic E-state index is -4.61. The molecule has 0 radical (unpaired) electrons. The van der Waals surface area contributed by atoms with Gasteiger partial charge in [0.2, 0.25) is 0 Å². The fourth-order valence-electron chi connectivity index (χ4n) is 1.59. The molecule has 1 N–H and O–H groups in total. The van der Waals surface area contributed by atoms with Crippen molar-refractivity contribution < 1.29 is 22.7 Å². The van der Waals surface area contributed by atoms with Crippen molar-refractivity contribution in [2.45, 2.75) is 6.18 Å². The first kappa shape index (κ1) is 15.1. The third-order valence-corrected chi connectivity index (χ3v) is 2.92. The van der Waals surface area contributed by atoms with Gasteiger partial charge in [0.1, 0.15) is 0 Å². The largest absolute Gasteiger partial charge is 0.619 e. The first-order valence-corrected chi connectivity index (χ1v) is 6.02. The summed E-state index contributed by atoms with van der Waals surface area (Å²) in [5.41, 5.74) is -0.936. The van der Waals surface area contributed by atoms with Gasteiger partial charge >= 0.3 is 6.18 Å². The highest BCUT2D eigenvalue weighted by Gasteiger charge is 2.33. The number of halogens is 4. The smallest absolute Gasteiger partial charge is 0.417 e. The van der Waals surface area contributed by atoms with E-state index in [0.29, 0.717) is 4.73 Å². The summed E-state index contributed by atoms with van der Waals surface area (Å²) in [6, 6.07) is 5.56. The lowest BCUT2D eigenvalue weighted by Crippen LogP contribution is -2.25. The summed E-state index contributed by atoms with van der Waals surface area (Å²) in [5.74, 6) is -0.633. The summed E-state index contributed by atoms with van der Waals surface area (Å²) < 4.78 is 38.6. The Morgan fingerprint density at radius 2 is 1.81 bits per heavy atom. The molecule has 0 bridgehead atoms. The van der Waals surface area contributed by atoms with Crippen LogP contribution in [0.5, 0.6) is 0 Å². The van der Waals surface area contributed by atoms with Crippen molar-refractivity contribution in [1.29, 1.82) is 0 Å². The molecule has 110 valence electrons. The monoisotopic (exact) mass is 316 g/mol. The van der Waals surface area contributed by atoms with Gasteiger partial charge in [-0.05, 0) is 18.2 Å². The Balaban J connectivity index is 2.24. The van der Waals surface area contributed by atoms with Gasteiger partial charge < -0.3 is 10.5 Å². The lowest BCUT2D eigenvalue weighted by atomic mass is 10.2. The molecule has 2 rings (SSSR count). The van der Waals surface area contributed by atoms with Crippen LogP contribution in [0.2, 0.25) is 5.02 Å². The number of alkyl halides is 3. The van der Waals surface area contributed by atoms with Crippen LogP contribution in [0.25, 0.3) is 0 Å². The third-order valence-electron chi connectivity index (χ3n) is 2.59. The van der Waals surface area contributed by atoms with Gasteiger partial charge in [-0.1, -0.05) is 11.6 Å². The highest BCUT2D eigenvalue weighted by atomic mass is 35.5. The van der Waals surface area contributed by atoms with Crippen LogP contribution in [-0.4, -0.2) is 5.91 Å². The van der Waals surface area contributed by atoms with Gasteiger partial charge in [0.15, 0.2) is 12.4 Å². The Hall–Kier alpha value is -2.28. The average Bonchev–Trinajstić information content (AvgIpc) is 2.40. The molecule has 4 nitrogen and oxygen atoms in total. The van der Waals surface area contributed by atoms with E-state index in [1.165, 1.54) is 18.2 Å². The number of anilines is 1. The maximum Gasteiger partial charge on any atom is 0.417 e. The summed E-state index contributed by atoms with van der Waals surface area (Å²) in [5, 5.41) is 12.7.